The van der Waals surface area contributed by atoms with Crippen molar-refractivity contribution in [1.82, 2.24) is 0 Å². The van der Waals surface area contributed by atoms with Crippen LogP contribution in [0.2, 0.25) is 0 Å². The summed E-state index contributed by atoms with van der Waals surface area (Å²) in [6.45, 7) is 0. The fraction of sp³-hybridized carbons (Fsp3) is 0. The second kappa shape index (κ2) is 5.49. The number of hydrogen-bond donors (Lipinski definition) is 2. The Hall–Kier alpha value is -2.71. The number of nitrogens with two attached hydrogens (primary N) is 1. The van der Waals surface area contributed by atoms with Gasteiger partial charge in [0.05, 0.1) is 5.69 Å². The van der Waals surface area contributed by atoms with Crippen LogP contribution in [0.25, 0.3) is 0 Å². The first-order valence-corrected chi connectivity index (χ1v) is 8.95. The van der Waals surface area contributed by atoms with Crippen molar-refractivity contribution in [3.63, 3.8) is 0 Å². The highest BCUT2D eigenvalue weighted by Crippen LogP contribution is 2.65. The number of rotatable bonds is 3. The van der Waals surface area contributed by atoms with E-state index in [-0.39, 0.29) is 0 Å². The minimum absolute atomic E-state index is 0.587. The van der Waals surface area contributed by atoms with Crippen LogP contribution < -0.4 is 25.2 Å². The zero-order valence-electron chi connectivity index (χ0n) is 12.3. The lowest BCUT2D eigenvalue weighted by molar-refractivity contribution is 0.494. The van der Waals surface area contributed by atoms with E-state index in [2.05, 4.69) is 5.09 Å². The molecular weight excluding hydrogens is 307 g/mol. The van der Waals surface area contributed by atoms with E-state index in [0.29, 0.717) is 11.4 Å². The number of fused-ring (bicyclic) bond motifs is 1. The van der Waals surface area contributed by atoms with E-state index in [1.54, 1.807) is 0 Å². The van der Waals surface area contributed by atoms with Crippen LogP contribution in [0.1, 0.15) is 0 Å². The predicted molar refractivity (Wildman–Crippen MR) is 95.2 cm³/mol. The summed E-state index contributed by atoms with van der Waals surface area (Å²) in [5, 5.41) is 4.42. The van der Waals surface area contributed by atoms with E-state index >= 15 is 0 Å². The summed E-state index contributed by atoms with van der Waals surface area (Å²) in [5.41, 5.74) is 7.57. The summed E-state index contributed by atoms with van der Waals surface area (Å²) in [5.74, 6) is 1.41. The Bertz CT molecular complexity index is 814. The molecule has 0 aliphatic carbocycles. The molecule has 23 heavy (non-hydrogen) atoms. The zero-order valence-corrected chi connectivity index (χ0v) is 13.2. The highest BCUT2D eigenvalue weighted by Gasteiger charge is 2.54. The van der Waals surface area contributed by atoms with Gasteiger partial charge in [0.1, 0.15) is 5.69 Å². The molecule has 0 fully saturated rings. The van der Waals surface area contributed by atoms with Gasteiger partial charge >= 0.3 is 7.87 Å². The number of nitrogen functional groups attached to an aromatic ring is 1. The van der Waals surface area contributed by atoms with Gasteiger partial charge in [-0.2, -0.15) is 5.09 Å². The molecule has 0 bridgehead atoms. The van der Waals surface area contributed by atoms with E-state index in [4.69, 9.17) is 14.8 Å². The Morgan fingerprint density at radius 1 is 0.826 bits per heavy atom. The average Bonchev–Trinajstić information content (AvgIpc) is 2.97. The van der Waals surface area contributed by atoms with Gasteiger partial charge in [0.15, 0.2) is 5.30 Å². The molecule has 1 aliphatic heterocycles. The molecule has 0 amide bonds. The normalized spacial score (nSPS) is 18.6. The van der Waals surface area contributed by atoms with Crippen molar-refractivity contribution in [3.05, 3.63) is 78.9 Å². The first-order valence-electron chi connectivity index (χ1n) is 7.32. The molecule has 4 rings (SSSR count). The summed E-state index contributed by atoms with van der Waals surface area (Å²) < 4.78 is 12.6. The number of nitrogens with one attached hydrogen (secondary N) is 1. The molecule has 3 N–H and O–H groups in total. The molecule has 0 spiro atoms. The molecule has 0 radical (unpaired) electrons. The van der Waals surface area contributed by atoms with Crippen molar-refractivity contribution in [2.75, 3.05) is 10.8 Å². The molecular formula is C18H16N2O2P+. The molecule has 5 heteroatoms. The molecule has 3 aromatic carbocycles. The van der Waals surface area contributed by atoms with E-state index in [9.17, 15) is 0 Å². The van der Waals surface area contributed by atoms with Gasteiger partial charge in [0.2, 0.25) is 11.5 Å². The van der Waals surface area contributed by atoms with Gasteiger partial charge in [-0.3, -0.25) is 9.05 Å². The molecule has 1 heterocycles. The van der Waals surface area contributed by atoms with Gasteiger partial charge in [-0.25, -0.2) is 0 Å². The number of anilines is 2. The standard InChI is InChI=1S/C18H16N2O2P/c19-15-10-4-6-12-17(15)21-23(14-8-2-1-3-9-14)20-16-11-5-7-13-18(16)22-23/h1-13,20H,19H2/q+1. The smallest absolute Gasteiger partial charge is 0.396 e. The van der Waals surface area contributed by atoms with Gasteiger partial charge in [-0.15, -0.1) is 0 Å². The van der Waals surface area contributed by atoms with Crippen molar-refractivity contribution in [1.29, 1.82) is 0 Å². The number of benzene rings is 3. The van der Waals surface area contributed by atoms with Crippen molar-refractivity contribution in [3.8, 4) is 11.5 Å². The van der Waals surface area contributed by atoms with Crippen LogP contribution >= 0.6 is 7.87 Å². The molecule has 0 saturated carbocycles. The molecule has 1 atom stereocenters. The van der Waals surface area contributed by atoms with E-state index in [0.717, 1.165) is 16.7 Å². The second-order valence-electron chi connectivity index (χ2n) is 5.22. The topological polar surface area (TPSA) is 56.5 Å². The fourth-order valence-corrected chi connectivity index (χ4v) is 4.91. The molecule has 3 aromatic rings. The first kappa shape index (κ1) is 13.9. The largest absolute Gasteiger partial charge is 0.491 e. The van der Waals surface area contributed by atoms with Gasteiger partial charge in [0.25, 0.3) is 0 Å². The molecule has 0 aromatic heterocycles. The van der Waals surface area contributed by atoms with Gasteiger partial charge < -0.3 is 5.73 Å². The van der Waals surface area contributed by atoms with E-state index in [1.165, 1.54) is 0 Å². The molecule has 114 valence electrons. The van der Waals surface area contributed by atoms with Crippen molar-refractivity contribution in [2.24, 2.45) is 0 Å². The van der Waals surface area contributed by atoms with Gasteiger partial charge in [0, 0.05) is 0 Å². The highest BCUT2D eigenvalue weighted by molar-refractivity contribution is 7.76. The van der Waals surface area contributed by atoms with Crippen LogP contribution in [0.5, 0.6) is 11.5 Å². The summed E-state index contributed by atoms with van der Waals surface area (Å²) in [6, 6.07) is 25.2. The minimum Gasteiger partial charge on any atom is -0.396 e. The van der Waals surface area contributed by atoms with Crippen LogP contribution in [0.4, 0.5) is 11.4 Å². The lowest BCUT2D eigenvalue weighted by atomic mass is 10.3. The van der Waals surface area contributed by atoms with Gasteiger partial charge in [-0.1, -0.05) is 42.5 Å². The van der Waals surface area contributed by atoms with Crippen LogP contribution in [0, 0.1) is 0 Å². The number of hydrogen-bond acceptors (Lipinski definition) is 4. The van der Waals surface area contributed by atoms with Crippen LogP contribution in [0.15, 0.2) is 78.9 Å². The minimum atomic E-state index is -2.56. The number of para-hydroxylation sites is 4. The van der Waals surface area contributed by atoms with Crippen LogP contribution in [-0.2, 0) is 0 Å². The maximum absolute atomic E-state index is 6.32. The summed E-state index contributed by atoms with van der Waals surface area (Å²) >= 11 is 0. The molecule has 1 aliphatic rings. The SMILES string of the molecule is Nc1ccccc1O[P+]1(c2ccccc2)Nc2ccccc2O1. The Balaban J connectivity index is 1.79. The Kier molecular flexibility index (Phi) is 3.32. The summed E-state index contributed by atoms with van der Waals surface area (Å²) in [7, 11) is -2.56. The first-order chi connectivity index (χ1) is 11.3. The highest BCUT2D eigenvalue weighted by atomic mass is 31.2. The third kappa shape index (κ3) is 2.47. The predicted octanol–water partition coefficient (Wildman–Crippen LogP) is 4.24. The molecule has 1 unspecified atom stereocenters. The summed E-state index contributed by atoms with van der Waals surface area (Å²) in [4.78, 5) is 0. The third-order valence-corrected chi connectivity index (χ3v) is 6.04. The zero-order chi connectivity index (χ0) is 15.7. The molecule has 4 nitrogen and oxygen atoms in total. The van der Waals surface area contributed by atoms with Crippen LogP contribution in [-0.4, -0.2) is 0 Å². The summed E-state index contributed by atoms with van der Waals surface area (Å²) in [6.07, 6.45) is 0. The van der Waals surface area contributed by atoms with Crippen molar-refractivity contribution < 1.29 is 9.05 Å². The Labute approximate surface area is 135 Å². The monoisotopic (exact) mass is 323 g/mol. The van der Waals surface area contributed by atoms with Gasteiger partial charge in [-0.05, 0) is 36.4 Å². The lowest BCUT2D eigenvalue weighted by Crippen LogP contribution is -2.23. The van der Waals surface area contributed by atoms with Crippen LogP contribution in [0.3, 0.4) is 0 Å². The Morgan fingerprint density at radius 2 is 1.52 bits per heavy atom. The maximum Gasteiger partial charge on any atom is 0.491 e. The third-order valence-electron chi connectivity index (χ3n) is 3.62. The van der Waals surface area contributed by atoms with E-state index < -0.39 is 7.87 Å². The van der Waals surface area contributed by atoms with Crippen molar-refractivity contribution >= 4 is 24.5 Å². The fourth-order valence-electron chi connectivity index (χ4n) is 2.50. The maximum atomic E-state index is 6.32. The quantitative estimate of drug-likeness (QED) is 0.559. The van der Waals surface area contributed by atoms with Crippen molar-refractivity contribution in [2.45, 2.75) is 0 Å². The average molecular weight is 323 g/mol. The van der Waals surface area contributed by atoms with E-state index in [1.807, 2.05) is 78.9 Å². The molecule has 0 saturated heterocycles. The Morgan fingerprint density at radius 3 is 2.30 bits per heavy atom. The lowest BCUT2D eigenvalue weighted by Gasteiger charge is -2.19. The second-order valence-corrected chi connectivity index (χ2v) is 7.42.